The molecule has 1 N–H and O–H groups in total. The van der Waals surface area contributed by atoms with Gasteiger partial charge in [0.1, 0.15) is 6.61 Å². The third kappa shape index (κ3) is 2.42. The summed E-state index contributed by atoms with van der Waals surface area (Å²) in [5.41, 5.74) is 0. The van der Waals surface area contributed by atoms with Gasteiger partial charge < -0.3 is 9.84 Å². The summed E-state index contributed by atoms with van der Waals surface area (Å²) in [5, 5.41) is 8.02. The predicted molar refractivity (Wildman–Crippen MR) is 47.8 cm³/mol. The Morgan fingerprint density at radius 1 is 0.731 bits per heavy atom. The summed E-state index contributed by atoms with van der Waals surface area (Å²) in [4.78, 5) is 10.3. The van der Waals surface area contributed by atoms with Crippen molar-refractivity contribution in [2.75, 3.05) is 6.61 Å². The van der Waals surface area contributed by atoms with Crippen LogP contribution in [0.2, 0.25) is 0 Å². The van der Waals surface area contributed by atoms with Crippen molar-refractivity contribution < 1.29 is 76.5 Å². The van der Waals surface area contributed by atoms with Gasteiger partial charge in [-0.15, -0.1) is 8.78 Å². The van der Waals surface area contributed by atoms with Gasteiger partial charge in [0.2, 0.25) is 0 Å². The van der Waals surface area contributed by atoms with E-state index in [0.29, 0.717) is 0 Å². The number of aliphatic hydroxyl groups is 1. The summed E-state index contributed by atoms with van der Waals surface area (Å²) >= 11 is 0. The molecule has 1 saturated carbocycles. The zero-order valence-electron chi connectivity index (χ0n) is 11.3. The van der Waals surface area contributed by atoms with Gasteiger partial charge in [0.05, 0.1) is 0 Å². The van der Waals surface area contributed by atoms with Gasteiger partial charge in [-0.1, -0.05) is 0 Å². The SMILES string of the molecule is O=C(CO)OC(F)(F)OC1(F)C(F)(F)C(F)(F)C(F)(F)C(F)(F)C1(F)F. The van der Waals surface area contributed by atoms with Crippen molar-refractivity contribution >= 4 is 5.97 Å². The molecule has 0 aliphatic heterocycles. The summed E-state index contributed by atoms with van der Waals surface area (Å²) in [6, 6.07) is 0. The molecule has 0 amide bonds. The van der Waals surface area contributed by atoms with Crippen molar-refractivity contribution in [3.8, 4) is 0 Å². The molecule has 154 valence electrons. The van der Waals surface area contributed by atoms with Crippen LogP contribution in [0.5, 0.6) is 0 Å². The van der Waals surface area contributed by atoms with Crippen LogP contribution in [0.15, 0.2) is 0 Å². The van der Waals surface area contributed by atoms with Crippen LogP contribution >= 0.6 is 0 Å². The Balaban J connectivity index is 3.63. The zero-order chi connectivity index (χ0) is 21.2. The smallest absolute Gasteiger partial charge is 0.385 e. The first-order valence-corrected chi connectivity index (χ1v) is 5.65. The highest BCUT2D eigenvalue weighted by atomic mass is 19.4. The van der Waals surface area contributed by atoms with Crippen molar-refractivity contribution in [2.45, 2.75) is 41.8 Å². The average Bonchev–Trinajstić information content (AvgIpc) is 2.43. The number of carbonyl (C=O) groups is 1. The molecular weight excluding hydrogens is 419 g/mol. The lowest BCUT2D eigenvalue weighted by Gasteiger charge is -2.51. The number of carbonyl (C=O) groups excluding carboxylic acids is 1. The van der Waals surface area contributed by atoms with Gasteiger partial charge >= 0.3 is 47.7 Å². The van der Waals surface area contributed by atoms with Crippen LogP contribution in [0.25, 0.3) is 0 Å². The monoisotopic (exact) mass is 422 g/mol. The first-order chi connectivity index (χ1) is 11.2. The maximum absolute atomic E-state index is 13.8. The fourth-order valence-electron chi connectivity index (χ4n) is 1.67. The van der Waals surface area contributed by atoms with Gasteiger partial charge in [-0.2, -0.15) is 48.3 Å². The third-order valence-electron chi connectivity index (χ3n) is 3.01. The minimum absolute atomic E-state index is 1.89. The Morgan fingerprint density at radius 2 is 1.04 bits per heavy atom. The maximum Gasteiger partial charge on any atom is 0.540 e. The number of hydrogen-bond donors (Lipinski definition) is 1. The molecule has 17 heteroatoms. The van der Waals surface area contributed by atoms with E-state index < -0.39 is 54.3 Å². The summed E-state index contributed by atoms with van der Waals surface area (Å²) in [6.07, 6.45) is -6.39. The van der Waals surface area contributed by atoms with Gasteiger partial charge in [-0.05, 0) is 0 Å². The molecule has 0 bridgehead atoms. The first-order valence-electron chi connectivity index (χ1n) is 5.65. The number of aliphatic hydroxyl groups excluding tert-OH is 1. The minimum atomic E-state index is -7.69. The fourth-order valence-corrected chi connectivity index (χ4v) is 1.67. The molecule has 0 aromatic carbocycles. The maximum atomic E-state index is 13.8. The quantitative estimate of drug-likeness (QED) is 0.430. The van der Waals surface area contributed by atoms with E-state index in [1.165, 1.54) is 0 Å². The molecule has 1 rings (SSSR count). The van der Waals surface area contributed by atoms with E-state index in [-0.39, 0.29) is 0 Å². The van der Waals surface area contributed by atoms with E-state index in [1.807, 2.05) is 4.74 Å². The lowest BCUT2D eigenvalue weighted by molar-refractivity contribution is -0.563. The molecule has 0 unspecified atom stereocenters. The first kappa shape index (κ1) is 22.5. The number of halogens is 13. The van der Waals surface area contributed by atoms with Crippen LogP contribution in [-0.2, 0) is 14.3 Å². The molecule has 0 heterocycles. The van der Waals surface area contributed by atoms with E-state index in [4.69, 9.17) is 5.11 Å². The van der Waals surface area contributed by atoms with Crippen molar-refractivity contribution in [3.63, 3.8) is 0 Å². The number of hydrogen-bond acceptors (Lipinski definition) is 4. The van der Waals surface area contributed by atoms with Gasteiger partial charge in [-0.25, -0.2) is 9.53 Å². The Morgan fingerprint density at radius 3 is 1.35 bits per heavy atom. The highest BCUT2D eigenvalue weighted by Gasteiger charge is 3.03. The van der Waals surface area contributed by atoms with E-state index >= 15 is 0 Å². The highest BCUT2D eigenvalue weighted by molar-refractivity contribution is 5.70. The number of alkyl halides is 13. The molecule has 0 aromatic rings. The minimum Gasteiger partial charge on any atom is -0.385 e. The Labute approximate surface area is 132 Å². The zero-order valence-corrected chi connectivity index (χ0v) is 11.3. The van der Waals surface area contributed by atoms with Crippen molar-refractivity contribution in [2.24, 2.45) is 0 Å². The van der Waals surface area contributed by atoms with Crippen LogP contribution in [-0.4, -0.2) is 59.4 Å². The van der Waals surface area contributed by atoms with Crippen LogP contribution in [0.4, 0.5) is 57.1 Å². The lowest BCUT2D eigenvalue weighted by atomic mass is 9.78. The van der Waals surface area contributed by atoms with E-state index in [2.05, 4.69) is 4.74 Å². The molecule has 0 aromatic heterocycles. The molecule has 0 radical (unpaired) electrons. The second kappa shape index (κ2) is 5.49. The average molecular weight is 422 g/mol. The third-order valence-corrected chi connectivity index (χ3v) is 3.01. The molecular formula is C9H3F13O4. The van der Waals surface area contributed by atoms with Crippen LogP contribution in [0.1, 0.15) is 0 Å². The Kier molecular flexibility index (Phi) is 4.76. The lowest BCUT2D eigenvalue weighted by Crippen LogP contribution is -2.84. The van der Waals surface area contributed by atoms with Gasteiger partial charge in [0, 0.05) is 0 Å². The van der Waals surface area contributed by atoms with Crippen LogP contribution < -0.4 is 0 Å². The van der Waals surface area contributed by atoms with Crippen molar-refractivity contribution in [1.29, 1.82) is 0 Å². The highest BCUT2D eigenvalue weighted by Crippen LogP contribution is 2.70. The van der Waals surface area contributed by atoms with Gasteiger partial charge in [-0.3, -0.25) is 0 Å². The Hall–Kier alpha value is -1.52. The van der Waals surface area contributed by atoms with E-state index in [0.717, 1.165) is 0 Å². The second-order valence-electron chi connectivity index (χ2n) is 4.66. The summed E-state index contributed by atoms with van der Waals surface area (Å²) in [5.74, 6) is -48.4. The topological polar surface area (TPSA) is 55.8 Å². The second-order valence-corrected chi connectivity index (χ2v) is 4.66. The normalized spacial score (nSPS) is 27.6. The standard InChI is InChI=1S/C9H3F13O4/c10-3(11)4(12,13)6(16,17)8(20,7(18,19)5(3,14)15)26-9(21,22)25-2(24)1-23/h23H,1H2. The molecule has 26 heavy (non-hydrogen) atoms. The van der Waals surface area contributed by atoms with Crippen molar-refractivity contribution in [3.05, 3.63) is 0 Å². The molecule has 1 aliphatic rings. The summed E-state index contributed by atoms with van der Waals surface area (Å²) < 4.78 is 174. The van der Waals surface area contributed by atoms with Crippen LogP contribution in [0.3, 0.4) is 0 Å². The fraction of sp³-hybridized carbons (Fsp3) is 0.889. The van der Waals surface area contributed by atoms with Gasteiger partial charge in [0.15, 0.2) is 0 Å². The molecule has 0 atom stereocenters. The largest absolute Gasteiger partial charge is 0.540 e. The predicted octanol–water partition coefficient (Wildman–Crippen LogP) is 2.94. The van der Waals surface area contributed by atoms with E-state index in [1.54, 1.807) is 0 Å². The molecule has 0 saturated heterocycles. The van der Waals surface area contributed by atoms with Gasteiger partial charge in [0.25, 0.3) is 0 Å². The molecule has 1 fully saturated rings. The molecule has 0 spiro atoms. The number of esters is 1. The molecule has 4 nitrogen and oxygen atoms in total. The van der Waals surface area contributed by atoms with E-state index in [9.17, 15) is 61.9 Å². The Bertz CT molecular complexity index is 556. The molecule has 1 aliphatic carbocycles. The van der Waals surface area contributed by atoms with Crippen molar-refractivity contribution in [1.82, 2.24) is 0 Å². The summed E-state index contributed by atoms with van der Waals surface area (Å²) in [7, 11) is 0. The summed E-state index contributed by atoms with van der Waals surface area (Å²) in [6.45, 7) is -2.05. The number of rotatable bonds is 4. The number of ether oxygens (including phenoxy) is 2. The van der Waals surface area contributed by atoms with Crippen LogP contribution in [0, 0.1) is 0 Å².